The maximum absolute atomic E-state index is 12.9. The topological polar surface area (TPSA) is 89.0 Å². The first-order chi connectivity index (χ1) is 15.5. The third-order valence-electron chi connectivity index (χ3n) is 4.28. The van der Waals surface area contributed by atoms with Gasteiger partial charge in [-0.15, -0.1) is 0 Å². The predicted octanol–water partition coefficient (Wildman–Crippen LogP) is 3.89. The van der Waals surface area contributed by atoms with E-state index in [1.165, 1.54) is 25.5 Å². The summed E-state index contributed by atoms with van der Waals surface area (Å²) in [6, 6.07) is 20.0. The Morgan fingerprint density at radius 3 is 2.44 bits per heavy atom. The molecular formula is C24H22FN3O4. The van der Waals surface area contributed by atoms with Gasteiger partial charge in [-0.3, -0.25) is 9.59 Å². The summed E-state index contributed by atoms with van der Waals surface area (Å²) in [6.45, 7) is 0.321. The Labute approximate surface area is 184 Å². The highest BCUT2D eigenvalue weighted by atomic mass is 19.1. The van der Waals surface area contributed by atoms with Crippen LogP contribution < -0.4 is 20.2 Å². The standard InChI is InChI=1S/C24H22FN3O4/c1-31-22-4-2-3-20(13-22)27-23(29)14-24(30)28-26-15-17-7-11-21(12-8-17)32-16-18-5-9-19(25)10-6-18/h2-13,15H,14,16H2,1H3,(H,27,29)(H,28,30). The summed E-state index contributed by atoms with van der Waals surface area (Å²) in [4.78, 5) is 23.9. The van der Waals surface area contributed by atoms with Crippen LogP contribution in [-0.2, 0) is 16.2 Å². The summed E-state index contributed by atoms with van der Waals surface area (Å²) in [5, 5.41) is 6.48. The Morgan fingerprint density at radius 2 is 1.72 bits per heavy atom. The molecule has 0 unspecified atom stereocenters. The van der Waals surface area contributed by atoms with Crippen molar-refractivity contribution in [2.75, 3.05) is 12.4 Å². The molecule has 0 aliphatic rings. The molecule has 0 aliphatic heterocycles. The van der Waals surface area contributed by atoms with Gasteiger partial charge in [-0.1, -0.05) is 18.2 Å². The zero-order valence-corrected chi connectivity index (χ0v) is 17.4. The van der Waals surface area contributed by atoms with Crippen LogP contribution in [0.1, 0.15) is 17.5 Å². The van der Waals surface area contributed by atoms with Crippen molar-refractivity contribution in [1.82, 2.24) is 5.43 Å². The molecule has 0 radical (unpaired) electrons. The van der Waals surface area contributed by atoms with Crippen LogP contribution in [0.2, 0.25) is 0 Å². The van der Waals surface area contributed by atoms with Gasteiger partial charge in [0.15, 0.2) is 0 Å². The van der Waals surface area contributed by atoms with Gasteiger partial charge in [0, 0.05) is 11.8 Å². The first-order valence-electron chi connectivity index (χ1n) is 9.75. The second-order valence-electron chi connectivity index (χ2n) is 6.73. The highest BCUT2D eigenvalue weighted by Gasteiger charge is 2.09. The average Bonchev–Trinajstić information content (AvgIpc) is 2.79. The highest BCUT2D eigenvalue weighted by Crippen LogP contribution is 2.17. The summed E-state index contributed by atoms with van der Waals surface area (Å²) in [7, 11) is 1.53. The van der Waals surface area contributed by atoms with Gasteiger partial charge in [-0.25, -0.2) is 9.82 Å². The predicted molar refractivity (Wildman–Crippen MR) is 119 cm³/mol. The molecule has 7 nitrogen and oxygen atoms in total. The van der Waals surface area contributed by atoms with Crippen molar-refractivity contribution < 1.29 is 23.5 Å². The number of nitrogens with one attached hydrogen (secondary N) is 2. The molecule has 0 heterocycles. The smallest absolute Gasteiger partial charge is 0.249 e. The molecular weight excluding hydrogens is 413 g/mol. The minimum absolute atomic E-state index is 0.290. The summed E-state index contributed by atoms with van der Waals surface area (Å²) >= 11 is 0. The number of hydrazone groups is 1. The zero-order chi connectivity index (χ0) is 22.8. The van der Waals surface area contributed by atoms with Gasteiger partial charge >= 0.3 is 0 Å². The lowest BCUT2D eigenvalue weighted by Crippen LogP contribution is -2.24. The van der Waals surface area contributed by atoms with E-state index in [1.54, 1.807) is 60.7 Å². The van der Waals surface area contributed by atoms with E-state index in [2.05, 4.69) is 15.8 Å². The van der Waals surface area contributed by atoms with Crippen LogP contribution >= 0.6 is 0 Å². The molecule has 0 fully saturated rings. The summed E-state index contributed by atoms with van der Waals surface area (Å²) in [5.74, 6) is -0.0510. The quantitative estimate of drug-likeness (QED) is 0.303. The van der Waals surface area contributed by atoms with E-state index in [0.29, 0.717) is 23.8 Å². The Bertz CT molecular complexity index is 1080. The fraction of sp³-hybridized carbons (Fsp3) is 0.125. The van der Waals surface area contributed by atoms with Crippen LogP contribution in [0.25, 0.3) is 0 Å². The number of ether oxygens (including phenoxy) is 2. The lowest BCUT2D eigenvalue weighted by molar-refractivity contribution is -0.126. The van der Waals surface area contributed by atoms with Gasteiger partial charge in [0.1, 0.15) is 30.3 Å². The summed E-state index contributed by atoms with van der Waals surface area (Å²) in [6.07, 6.45) is 1.09. The van der Waals surface area contributed by atoms with Crippen molar-refractivity contribution in [3.8, 4) is 11.5 Å². The second-order valence-corrected chi connectivity index (χ2v) is 6.73. The molecule has 8 heteroatoms. The first-order valence-corrected chi connectivity index (χ1v) is 9.75. The SMILES string of the molecule is COc1cccc(NC(=O)CC(=O)NN=Cc2ccc(OCc3ccc(F)cc3)cc2)c1. The first kappa shape index (κ1) is 22.5. The number of halogens is 1. The number of hydrogen-bond acceptors (Lipinski definition) is 5. The fourth-order valence-electron chi connectivity index (χ4n) is 2.67. The van der Waals surface area contributed by atoms with Crippen LogP contribution in [0, 0.1) is 5.82 Å². The Balaban J connectivity index is 1.42. The molecule has 2 amide bonds. The number of benzene rings is 3. The molecule has 0 atom stereocenters. The van der Waals surface area contributed by atoms with Crippen LogP contribution in [-0.4, -0.2) is 25.1 Å². The van der Waals surface area contributed by atoms with Crippen molar-refractivity contribution in [3.63, 3.8) is 0 Å². The number of carbonyl (C=O) groups excluding carboxylic acids is 2. The van der Waals surface area contributed by atoms with E-state index >= 15 is 0 Å². The minimum Gasteiger partial charge on any atom is -0.497 e. The van der Waals surface area contributed by atoms with Crippen LogP contribution in [0.3, 0.4) is 0 Å². The van der Waals surface area contributed by atoms with E-state index in [0.717, 1.165) is 11.1 Å². The Morgan fingerprint density at radius 1 is 0.969 bits per heavy atom. The van der Waals surface area contributed by atoms with Gasteiger partial charge in [0.2, 0.25) is 11.8 Å². The monoisotopic (exact) mass is 435 g/mol. The third-order valence-corrected chi connectivity index (χ3v) is 4.28. The highest BCUT2D eigenvalue weighted by molar-refractivity contribution is 6.03. The van der Waals surface area contributed by atoms with E-state index in [-0.39, 0.29) is 12.2 Å². The molecule has 164 valence electrons. The normalized spacial score (nSPS) is 10.6. The van der Waals surface area contributed by atoms with Crippen LogP contribution in [0.4, 0.5) is 10.1 Å². The van der Waals surface area contributed by atoms with E-state index in [4.69, 9.17) is 9.47 Å². The zero-order valence-electron chi connectivity index (χ0n) is 17.4. The number of hydrogen-bond donors (Lipinski definition) is 2. The van der Waals surface area contributed by atoms with Crippen molar-refractivity contribution in [2.45, 2.75) is 13.0 Å². The van der Waals surface area contributed by atoms with Gasteiger partial charge in [-0.05, 0) is 59.7 Å². The Kier molecular flexibility index (Phi) is 7.91. The molecule has 0 aliphatic carbocycles. The molecule has 2 N–H and O–H groups in total. The number of carbonyl (C=O) groups is 2. The second kappa shape index (κ2) is 11.3. The molecule has 0 saturated heterocycles. The lowest BCUT2D eigenvalue weighted by Gasteiger charge is -2.07. The Hall–Kier alpha value is -4.20. The number of rotatable bonds is 9. The van der Waals surface area contributed by atoms with Crippen molar-refractivity contribution in [1.29, 1.82) is 0 Å². The molecule has 3 rings (SSSR count). The molecule has 3 aromatic carbocycles. The maximum Gasteiger partial charge on any atom is 0.249 e. The van der Waals surface area contributed by atoms with Gasteiger partial charge in [-0.2, -0.15) is 5.10 Å². The van der Waals surface area contributed by atoms with Gasteiger partial charge in [0.25, 0.3) is 0 Å². The summed E-state index contributed by atoms with van der Waals surface area (Å²) in [5.41, 5.74) is 4.45. The van der Waals surface area contributed by atoms with Crippen molar-refractivity contribution in [3.05, 3.63) is 89.7 Å². The van der Waals surface area contributed by atoms with E-state index < -0.39 is 11.8 Å². The number of anilines is 1. The number of nitrogens with zero attached hydrogens (tertiary/aromatic N) is 1. The molecule has 3 aromatic rings. The molecule has 0 spiro atoms. The van der Waals surface area contributed by atoms with Crippen molar-refractivity contribution in [2.24, 2.45) is 5.10 Å². The minimum atomic E-state index is -0.541. The largest absolute Gasteiger partial charge is 0.497 e. The van der Waals surface area contributed by atoms with Crippen molar-refractivity contribution >= 4 is 23.7 Å². The van der Waals surface area contributed by atoms with E-state index in [1.807, 2.05) is 0 Å². The molecule has 0 bridgehead atoms. The van der Waals surface area contributed by atoms with Gasteiger partial charge < -0.3 is 14.8 Å². The third kappa shape index (κ3) is 7.24. The maximum atomic E-state index is 12.9. The van der Waals surface area contributed by atoms with Crippen LogP contribution in [0.15, 0.2) is 77.9 Å². The van der Waals surface area contributed by atoms with E-state index in [9.17, 15) is 14.0 Å². The molecule has 0 aromatic heterocycles. The number of methoxy groups -OCH3 is 1. The molecule has 0 saturated carbocycles. The molecule has 32 heavy (non-hydrogen) atoms. The lowest BCUT2D eigenvalue weighted by atomic mass is 10.2. The van der Waals surface area contributed by atoms with Crippen LogP contribution in [0.5, 0.6) is 11.5 Å². The summed E-state index contributed by atoms with van der Waals surface area (Å²) < 4.78 is 23.7. The number of amides is 2. The fourth-order valence-corrected chi connectivity index (χ4v) is 2.67. The average molecular weight is 435 g/mol. The van der Waals surface area contributed by atoms with Gasteiger partial charge in [0.05, 0.1) is 13.3 Å².